The van der Waals surface area contributed by atoms with Crippen LogP contribution in [-0.4, -0.2) is 5.97 Å². The van der Waals surface area contributed by atoms with Gasteiger partial charge in [-0.1, -0.05) is 12.1 Å². The van der Waals surface area contributed by atoms with Crippen molar-refractivity contribution in [2.45, 2.75) is 25.7 Å². The fourth-order valence-electron chi connectivity index (χ4n) is 2.27. The van der Waals surface area contributed by atoms with Crippen molar-refractivity contribution < 1.29 is 9.53 Å². The molecular formula is C15H13BrO2S. The summed E-state index contributed by atoms with van der Waals surface area (Å²) in [6.07, 6.45) is 4.64. The zero-order chi connectivity index (χ0) is 13.2. The number of rotatable bonds is 2. The Kier molecular flexibility index (Phi) is 3.71. The molecule has 0 radical (unpaired) electrons. The van der Waals surface area contributed by atoms with Gasteiger partial charge in [-0.2, -0.15) is 0 Å². The third-order valence-electron chi connectivity index (χ3n) is 3.24. The van der Waals surface area contributed by atoms with Crippen molar-refractivity contribution in [1.29, 1.82) is 0 Å². The predicted octanol–water partition coefficient (Wildman–Crippen LogP) is 4.61. The van der Waals surface area contributed by atoms with Crippen LogP contribution in [0.3, 0.4) is 0 Å². The van der Waals surface area contributed by atoms with Gasteiger partial charge in [-0.3, -0.25) is 0 Å². The minimum Gasteiger partial charge on any atom is -0.421 e. The number of fused-ring (bicyclic) bond motifs is 1. The summed E-state index contributed by atoms with van der Waals surface area (Å²) >= 11 is 4.96. The predicted molar refractivity (Wildman–Crippen MR) is 80.1 cm³/mol. The minimum atomic E-state index is -0.258. The van der Waals surface area contributed by atoms with Gasteiger partial charge in [-0.25, -0.2) is 4.79 Å². The van der Waals surface area contributed by atoms with Gasteiger partial charge in [0.25, 0.3) is 0 Å². The van der Waals surface area contributed by atoms with Gasteiger partial charge in [-0.05, 0) is 65.4 Å². The molecule has 19 heavy (non-hydrogen) atoms. The van der Waals surface area contributed by atoms with Crippen molar-refractivity contribution in [2.75, 3.05) is 0 Å². The number of carbonyl (C=O) groups excluding carboxylic acids is 1. The van der Waals surface area contributed by atoms with E-state index in [1.54, 1.807) is 17.4 Å². The number of thiophene rings is 1. The Balaban J connectivity index is 1.81. The molecule has 0 N–H and O–H groups in total. The lowest BCUT2D eigenvalue weighted by molar-refractivity contribution is 0.0738. The van der Waals surface area contributed by atoms with E-state index in [1.165, 1.54) is 23.3 Å². The van der Waals surface area contributed by atoms with Crippen molar-refractivity contribution in [1.82, 2.24) is 0 Å². The lowest BCUT2D eigenvalue weighted by atomic mass is 9.99. The maximum atomic E-state index is 12.2. The van der Waals surface area contributed by atoms with Crippen LogP contribution in [0.5, 0.6) is 5.75 Å². The largest absolute Gasteiger partial charge is 0.421 e. The van der Waals surface area contributed by atoms with E-state index in [-0.39, 0.29) is 5.97 Å². The lowest BCUT2D eigenvalue weighted by Gasteiger charge is -2.08. The maximum absolute atomic E-state index is 12.2. The summed E-state index contributed by atoms with van der Waals surface area (Å²) in [6.45, 7) is 0. The second-order valence-corrected chi connectivity index (χ2v) is 6.58. The Labute approximate surface area is 124 Å². The van der Waals surface area contributed by atoms with E-state index in [0.29, 0.717) is 10.6 Å². The fourth-order valence-corrected chi connectivity index (χ4v) is 3.76. The Morgan fingerprint density at radius 1 is 1.21 bits per heavy atom. The van der Waals surface area contributed by atoms with Gasteiger partial charge in [0.05, 0.1) is 4.47 Å². The number of benzene rings is 1. The summed E-state index contributed by atoms with van der Waals surface area (Å²) in [4.78, 5) is 14.2. The molecule has 2 nitrogen and oxygen atoms in total. The normalized spacial score (nSPS) is 13.9. The van der Waals surface area contributed by atoms with Crippen LogP contribution < -0.4 is 4.74 Å². The number of hydrogen-bond acceptors (Lipinski definition) is 3. The van der Waals surface area contributed by atoms with E-state index in [0.717, 1.165) is 17.3 Å². The van der Waals surface area contributed by atoms with Gasteiger partial charge in [0, 0.05) is 4.88 Å². The van der Waals surface area contributed by atoms with Gasteiger partial charge in [0.2, 0.25) is 0 Å². The first-order chi connectivity index (χ1) is 9.24. The van der Waals surface area contributed by atoms with Crippen molar-refractivity contribution in [3.8, 4) is 5.75 Å². The van der Waals surface area contributed by atoms with Crippen LogP contribution in [-0.2, 0) is 12.8 Å². The SMILES string of the molecule is O=C(Oc1ccccc1Br)c1cc2c(s1)CCCC2. The zero-order valence-electron chi connectivity index (χ0n) is 10.3. The summed E-state index contributed by atoms with van der Waals surface area (Å²) in [5, 5.41) is 0. The minimum absolute atomic E-state index is 0.258. The van der Waals surface area contributed by atoms with Crippen molar-refractivity contribution in [2.24, 2.45) is 0 Å². The topological polar surface area (TPSA) is 26.3 Å². The van der Waals surface area contributed by atoms with E-state index in [4.69, 9.17) is 4.74 Å². The van der Waals surface area contributed by atoms with E-state index in [2.05, 4.69) is 15.9 Å². The van der Waals surface area contributed by atoms with Crippen LogP contribution in [0, 0.1) is 0 Å². The molecule has 1 aliphatic rings. The van der Waals surface area contributed by atoms with Crippen LogP contribution in [0.2, 0.25) is 0 Å². The van der Waals surface area contributed by atoms with Gasteiger partial charge >= 0.3 is 5.97 Å². The number of carbonyl (C=O) groups is 1. The molecule has 0 amide bonds. The monoisotopic (exact) mass is 336 g/mol. The average molecular weight is 337 g/mol. The molecule has 2 aromatic rings. The molecule has 1 aromatic heterocycles. The first-order valence-electron chi connectivity index (χ1n) is 6.32. The molecule has 1 heterocycles. The first-order valence-corrected chi connectivity index (χ1v) is 7.93. The summed E-state index contributed by atoms with van der Waals surface area (Å²) in [5.41, 5.74) is 1.33. The third kappa shape index (κ3) is 2.74. The standard InChI is InChI=1S/C15H13BrO2S/c16-11-6-2-3-7-12(11)18-15(17)14-9-10-5-1-4-8-13(10)19-14/h2-3,6-7,9H,1,4-5,8H2. The lowest BCUT2D eigenvalue weighted by Crippen LogP contribution is -2.06. The van der Waals surface area contributed by atoms with E-state index >= 15 is 0 Å². The molecule has 0 bridgehead atoms. The summed E-state index contributed by atoms with van der Waals surface area (Å²) in [7, 11) is 0. The summed E-state index contributed by atoms with van der Waals surface area (Å²) in [5.74, 6) is 0.310. The highest BCUT2D eigenvalue weighted by Gasteiger charge is 2.19. The molecule has 0 fully saturated rings. The Morgan fingerprint density at radius 2 is 2.00 bits per heavy atom. The van der Waals surface area contributed by atoms with Crippen molar-refractivity contribution >= 4 is 33.2 Å². The number of hydrogen-bond donors (Lipinski definition) is 0. The number of aryl methyl sites for hydroxylation is 2. The maximum Gasteiger partial charge on any atom is 0.353 e. The molecule has 3 rings (SSSR count). The Morgan fingerprint density at radius 3 is 2.79 bits per heavy atom. The highest BCUT2D eigenvalue weighted by molar-refractivity contribution is 9.10. The first kappa shape index (κ1) is 12.9. The summed E-state index contributed by atoms with van der Waals surface area (Å²) in [6, 6.07) is 9.40. The smallest absolute Gasteiger partial charge is 0.353 e. The molecule has 0 unspecified atom stereocenters. The fraction of sp³-hybridized carbons (Fsp3) is 0.267. The third-order valence-corrected chi connectivity index (χ3v) is 5.11. The van der Waals surface area contributed by atoms with E-state index < -0.39 is 0 Å². The van der Waals surface area contributed by atoms with Gasteiger partial charge in [0.1, 0.15) is 10.6 Å². The van der Waals surface area contributed by atoms with Crippen LogP contribution in [0.1, 0.15) is 33.0 Å². The quantitative estimate of drug-likeness (QED) is 0.591. The number of esters is 1. The molecule has 0 aliphatic heterocycles. The molecule has 1 aromatic carbocycles. The van der Waals surface area contributed by atoms with Crippen molar-refractivity contribution in [3.63, 3.8) is 0 Å². The van der Waals surface area contributed by atoms with E-state index in [9.17, 15) is 4.79 Å². The van der Waals surface area contributed by atoms with Crippen LogP contribution >= 0.6 is 27.3 Å². The molecule has 0 saturated heterocycles. The summed E-state index contributed by atoms with van der Waals surface area (Å²) < 4.78 is 6.23. The molecule has 0 atom stereocenters. The van der Waals surface area contributed by atoms with Gasteiger partial charge in [-0.15, -0.1) is 11.3 Å². The second kappa shape index (κ2) is 5.47. The van der Waals surface area contributed by atoms with Gasteiger partial charge in [0.15, 0.2) is 0 Å². The average Bonchev–Trinajstić information content (AvgIpc) is 2.85. The molecule has 1 aliphatic carbocycles. The highest BCUT2D eigenvalue weighted by Crippen LogP contribution is 2.31. The van der Waals surface area contributed by atoms with Crippen LogP contribution in [0.4, 0.5) is 0 Å². The Bertz CT molecular complexity index is 595. The highest BCUT2D eigenvalue weighted by atomic mass is 79.9. The number of halogens is 1. The number of ether oxygens (including phenoxy) is 1. The van der Waals surface area contributed by atoms with Crippen molar-refractivity contribution in [3.05, 3.63) is 50.1 Å². The number of para-hydroxylation sites is 1. The second-order valence-electron chi connectivity index (χ2n) is 4.59. The Hall–Kier alpha value is -1.13. The molecule has 4 heteroatoms. The zero-order valence-corrected chi connectivity index (χ0v) is 12.7. The van der Waals surface area contributed by atoms with Gasteiger partial charge < -0.3 is 4.74 Å². The molecule has 0 saturated carbocycles. The molecule has 0 spiro atoms. The molecular weight excluding hydrogens is 324 g/mol. The van der Waals surface area contributed by atoms with Crippen LogP contribution in [0.25, 0.3) is 0 Å². The van der Waals surface area contributed by atoms with E-state index in [1.807, 2.05) is 24.3 Å². The van der Waals surface area contributed by atoms with Crippen LogP contribution in [0.15, 0.2) is 34.8 Å². The molecule has 98 valence electrons.